The SMILES string of the molecule is CC1(S(=O)(=O)NN)C=CC=CC1=Cc1ccc(F)cc1. The van der Waals surface area contributed by atoms with Crippen molar-refractivity contribution in [3.05, 3.63) is 65.5 Å². The summed E-state index contributed by atoms with van der Waals surface area (Å²) >= 11 is 0. The lowest BCUT2D eigenvalue weighted by Gasteiger charge is -2.28. The van der Waals surface area contributed by atoms with Crippen LogP contribution in [0.4, 0.5) is 4.39 Å². The summed E-state index contributed by atoms with van der Waals surface area (Å²) in [6.45, 7) is 1.55. The summed E-state index contributed by atoms with van der Waals surface area (Å²) in [5.74, 6) is 4.78. The van der Waals surface area contributed by atoms with Crippen LogP contribution in [0.5, 0.6) is 0 Å². The fraction of sp³-hybridized carbons (Fsp3) is 0.143. The topological polar surface area (TPSA) is 72.2 Å². The molecule has 1 aliphatic carbocycles. The van der Waals surface area contributed by atoms with E-state index in [4.69, 9.17) is 5.84 Å². The van der Waals surface area contributed by atoms with E-state index < -0.39 is 14.8 Å². The number of sulfonamides is 1. The maximum Gasteiger partial charge on any atom is 0.237 e. The van der Waals surface area contributed by atoms with Gasteiger partial charge in [-0.05, 0) is 36.3 Å². The van der Waals surface area contributed by atoms with Gasteiger partial charge in [-0.15, -0.1) is 0 Å². The van der Waals surface area contributed by atoms with E-state index in [9.17, 15) is 12.8 Å². The molecule has 2 rings (SSSR count). The fourth-order valence-corrected chi connectivity index (χ4v) is 2.90. The van der Waals surface area contributed by atoms with Crippen LogP contribution >= 0.6 is 0 Å². The van der Waals surface area contributed by atoms with Crippen molar-refractivity contribution in [2.75, 3.05) is 0 Å². The first kappa shape index (κ1) is 14.6. The Labute approximate surface area is 117 Å². The highest BCUT2D eigenvalue weighted by atomic mass is 32.2. The minimum Gasteiger partial charge on any atom is -0.258 e. The van der Waals surface area contributed by atoms with Crippen LogP contribution in [0, 0.1) is 5.82 Å². The summed E-state index contributed by atoms with van der Waals surface area (Å²) < 4.78 is 35.8. The minimum absolute atomic E-state index is 0.342. The molecule has 3 N–H and O–H groups in total. The summed E-state index contributed by atoms with van der Waals surface area (Å²) in [6, 6.07) is 5.80. The molecular weight excluding hydrogens is 279 g/mol. The quantitative estimate of drug-likeness (QED) is 0.660. The maximum atomic E-state index is 12.9. The zero-order valence-corrected chi connectivity index (χ0v) is 11.7. The van der Waals surface area contributed by atoms with Crippen molar-refractivity contribution in [2.24, 2.45) is 5.84 Å². The molecule has 20 heavy (non-hydrogen) atoms. The molecule has 0 saturated carbocycles. The second-order valence-electron chi connectivity index (χ2n) is 4.60. The fourth-order valence-electron chi connectivity index (χ4n) is 1.96. The zero-order valence-electron chi connectivity index (χ0n) is 10.9. The Bertz CT molecular complexity index is 690. The van der Waals surface area contributed by atoms with E-state index in [0.717, 1.165) is 0 Å². The van der Waals surface area contributed by atoms with Crippen molar-refractivity contribution in [3.8, 4) is 0 Å². The van der Waals surface area contributed by atoms with Gasteiger partial charge in [0.15, 0.2) is 0 Å². The predicted octanol–water partition coefficient (Wildman–Crippen LogP) is 1.89. The van der Waals surface area contributed by atoms with E-state index in [1.54, 1.807) is 49.4 Å². The number of rotatable bonds is 3. The molecule has 4 nitrogen and oxygen atoms in total. The summed E-state index contributed by atoms with van der Waals surface area (Å²) in [7, 11) is -3.75. The van der Waals surface area contributed by atoms with E-state index in [1.807, 2.05) is 4.83 Å². The molecule has 1 aromatic carbocycles. The van der Waals surface area contributed by atoms with E-state index in [-0.39, 0.29) is 5.82 Å². The highest BCUT2D eigenvalue weighted by molar-refractivity contribution is 7.91. The standard InChI is InChI=1S/C14H15FN2O2S/c1-14(20(18,19)17-16)9-3-2-4-12(14)10-11-5-7-13(15)8-6-11/h2-10,17H,16H2,1H3. The van der Waals surface area contributed by atoms with Crippen LogP contribution in [-0.4, -0.2) is 13.2 Å². The third-order valence-electron chi connectivity index (χ3n) is 3.28. The number of nitrogens with two attached hydrogens (primary N) is 1. The molecule has 1 atom stereocenters. The van der Waals surface area contributed by atoms with Crippen molar-refractivity contribution in [2.45, 2.75) is 11.7 Å². The molecule has 0 aliphatic heterocycles. The highest BCUT2D eigenvalue weighted by Crippen LogP contribution is 2.32. The van der Waals surface area contributed by atoms with Gasteiger partial charge in [-0.25, -0.2) is 12.8 Å². The second kappa shape index (κ2) is 5.32. The van der Waals surface area contributed by atoms with Crippen LogP contribution in [-0.2, 0) is 10.0 Å². The van der Waals surface area contributed by atoms with Crippen LogP contribution in [0.25, 0.3) is 6.08 Å². The lowest BCUT2D eigenvalue weighted by atomic mass is 9.93. The monoisotopic (exact) mass is 294 g/mol. The average Bonchev–Trinajstić information content (AvgIpc) is 2.43. The molecule has 106 valence electrons. The minimum atomic E-state index is -3.75. The molecule has 0 bridgehead atoms. The Balaban J connectivity index is 2.51. The van der Waals surface area contributed by atoms with Gasteiger partial charge in [0, 0.05) is 0 Å². The Kier molecular flexibility index (Phi) is 3.89. The molecule has 0 fully saturated rings. The summed E-state index contributed by atoms with van der Waals surface area (Å²) in [6.07, 6.45) is 8.32. The van der Waals surface area contributed by atoms with Gasteiger partial charge >= 0.3 is 0 Å². The molecule has 1 aliphatic rings. The van der Waals surface area contributed by atoms with Crippen LogP contribution in [0.3, 0.4) is 0 Å². The van der Waals surface area contributed by atoms with Crippen molar-refractivity contribution < 1.29 is 12.8 Å². The number of allylic oxidation sites excluding steroid dienone is 3. The number of nitrogens with one attached hydrogen (secondary N) is 1. The van der Waals surface area contributed by atoms with Gasteiger partial charge in [0.05, 0.1) is 0 Å². The van der Waals surface area contributed by atoms with Crippen LogP contribution in [0.15, 0.2) is 54.1 Å². The summed E-state index contributed by atoms with van der Waals surface area (Å²) in [5.41, 5.74) is 1.25. The van der Waals surface area contributed by atoms with Gasteiger partial charge in [0.1, 0.15) is 10.6 Å². The number of benzene rings is 1. The second-order valence-corrected chi connectivity index (χ2v) is 6.69. The Morgan fingerprint density at radius 1 is 1.25 bits per heavy atom. The maximum absolute atomic E-state index is 12.9. The smallest absolute Gasteiger partial charge is 0.237 e. The number of hydrazine groups is 1. The zero-order chi connectivity index (χ0) is 14.8. The number of hydrogen-bond donors (Lipinski definition) is 2. The molecule has 6 heteroatoms. The van der Waals surface area contributed by atoms with Crippen LogP contribution in [0.2, 0.25) is 0 Å². The van der Waals surface area contributed by atoms with E-state index >= 15 is 0 Å². The van der Waals surface area contributed by atoms with Gasteiger partial charge in [0.2, 0.25) is 10.0 Å². The van der Waals surface area contributed by atoms with E-state index in [1.165, 1.54) is 12.1 Å². The summed E-state index contributed by atoms with van der Waals surface area (Å²) in [5, 5.41) is 0. The molecule has 0 radical (unpaired) electrons. The normalized spacial score (nSPS) is 24.2. The Morgan fingerprint density at radius 3 is 2.50 bits per heavy atom. The Hall–Kier alpha value is -1.76. The van der Waals surface area contributed by atoms with Gasteiger partial charge in [0.25, 0.3) is 0 Å². The molecular formula is C14H15FN2O2S. The molecule has 0 amide bonds. The molecule has 1 aromatic rings. The third kappa shape index (κ3) is 2.58. The summed E-state index contributed by atoms with van der Waals surface area (Å²) in [4.78, 5) is 1.86. The van der Waals surface area contributed by atoms with Crippen LogP contribution in [0.1, 0.15) is 12.5 Å². The van der Waals surface area contributed by atoms with Crippen LogP contribution < -0.4 is 10.7 Å². The number of hydrogen-bond acceptors (Lipinski definition) is 3. The van der Waals surface area contributed by atoms with Crippen molar-refractivity contribution in [3.63, 3.8) is 0 Å². The first-order chi connectivity index (χ1) is 9.39. The highest BCUT2D eigenvalue weighted by Gasteiger charge is 2.39. The van der Waals surface area contributed by atoms with Gasteiger partial charge in [-0.3, -0.25) is 5.84 Å². The van der Waals surface area contributed by atoms with Crippen molar-refractivity contribution in [1.29, 1.82) is 0 Å². The average molecular weight is 294 g/mol. The molecule has 0 saturated heterocycles. The molecule has 0 spiro atoms. The lowest BCUT2D eigenvalue weighted by Crippen LogP contribution is -2.47. The van der Waals surface area contributed by atoms with Gasteiger partial charge in [-0.1, -0.05) is 36.4 Å². The largest absolute Gasteiger partial charge is 0.258 e. The van der Waals surface area contributed by atoms with Crippen molar-refractivity contribution >= 4 is 16.1 Å². The van der Waals surface area contributed by atoms with Gasteiger partial charge in [-0.2, -0.15) is 4.83 Å². The van der Waals surface area contributed by atoms with Gasteiger partial charge < -0.3 is 0 Å². The lowest BCUT2D eigenvalue weighted by molar-refractivity contribution is 0.565. The Morgan fingerprint density at radius 2 is 1.90 bits per heavy atom. The van der Waals surface area contributed by atoms with Crippen molar-refractivity contribution in [1.82, 2.24) is 4.83 Å². The third-order valence-corrected chi connectivity index (χ3v) is 5.08. The van der Waals surface area contributed by atoms with E-state index in [2.05, 4.69) is 0 Å². The molecule has 0 aromatic heterocycles. The van der Waals surface area contributed by atoms with E-state index in [0.29, 0.717) is 11.1 Å². The molecule has 1 unspecified atom stereocenters. The predicted molar refractivity (Wildman–Crippen MR) is 77.3 cm³/mol. The first-order valence-electron chi connectivity index (χ1n) is 5.95. The molecule has 0 heterocycles. The first-order valence-corrected chi connectivity index (χ1v) is 7.43. The number of halogens is 1.